The molecule has 0 unspecified atom stereocenters. The molecule has 0 radical (unpaired) electrons. The van der Waals surface area contributed by atoms with Crippen LogP contribution in [0.3, 0.4) is 0 Å². The summed E-state index contributed by atoms with van der Waals surface area (Å²) in [5.41, 5.74) is 1.64. The summed E-state index contributed by atoms with van der Waals surface area (Å²) in [6, 6.07) is 0. The third-order valence-electron chi connectivity index (χ3n) is 0.458. The molecule has 0 aromatic rings. The summed E-state index contributed by atoms with van der Waals surface area (Å²) in [7, 11) is 0. The SMILES string of the molecule is [CH3][SnH]([CH3])[CH]=CCl. The summed E-state index contributed by atoms with van der Waals surface area (Å²) < 4.78 is 2.14. The zero-order chi connectivity index (χ0) is 4.99. The van der Waals surface area contributed by atoms with Crippen LogP contribution >= 0.6 is 11.6 Å². The molecule has 0 nitrogen and oxygen atoms in total. The monoisotopic (exact) mass is 212 g/mol. The average Bonchev–Trinajstić information content (AvgIpc) is 1.35. The molecule has 2 heteroatoms. The fraction of sp³-hybridized carbons (Fsp3) is 0.500. The van der Waals surface area contributed by atoms with Crippen LogP contribution < -0.4 is 0 Å². The van der Waals surface area contributed by atoms with E-state index in [0.717, 1.165) is 0 Å². The Bertz CT molecular complexity index is 49.5. The molecule has 0 rings (SSSR count). The van der Waals surface area contributed by atoms with Crippen LogP contribution in [0.1, 0.15) is 0 Å². The van der Waals surface area contributed by atoms with Crippen LogP contribution in [-0.2, 0) is 0 Å². The molecule has 0 heterocycles. The Morgan fingerprint density at radius 3 is 2.00 bits per heavy atom. The van der Waals surface area contributed by atoms with Crippen molar-refractivity contribution >= 4 is 31.4 Å². The van der Waals surface area contributed by atoms with Crippen molar-refractivity contribution in [2.75, 3.05) is 0 Å². The van der Waals surface area contributed by atoms with Crippen LogP contribution in [0.2, 0.25) is 9.88 Å². The summed E-state index contributed by atoms with van der Waals surface area (Å²) in [4.78, 5) is 4.58. The van der Waals surface area contributed by atoms with E-state index in [1.807, 2.05) is 0 Å². The van der Waals surface area contributed by atoms with Crippen LogP contribution in [0.4, 0.5) is 0 Å². The first-order chi connectivity index (χ1) is 2.77. The zero-order valence-electron chi connectivity index (χ0n) is 4.11. The van der Waals surface area contributed by atoms with Gasteiger partial charge in [-0.25, -0.2) is 0 Å². The molecule has 36 valence electrons. The molecular formula is C4H9ClSn. The van der Waals surface area contributed by atoms with E-state index < -0.39 is 19.8 Å². The van der Waals surface area contributed by atoms with Gasteiger partial charge in [0, 0.05) is 0 Å². The molecule has 0 aliphatic heterocycles. The minimum absolute atomic E-state index is 1.03. The van der Waals surface area contributed by atoms with Gasteiger partial charge >= 0.3 is 50.9 Å². The molecule has 0 N–H and O–H groups in total. The molecule has 0 atom stereocenters. The van der Waals surface area contributed by atoms with Gasteiger partial charge in [0.15, 0.2) is 0 Å². The van der Waals surface area contributed by atoms with Gasteiger partial charge in [-0.05, 0) is 0 Å². The molecule has 0 fully saturated rings. The van der Waals surface area contributed by atoms with Crippen molar-refractivity contribution < 1.29 is 0 Å². The van der Waals surface area contributed by atoms with E-state index in [9.17, 15) is 0 Å². The molecule has 0 saturated heterocycles. The fourth-order valence-electron chi connectivity index (χ4n) is 0.145. The first-order valence-corrected chi connectivity index (χ1v) is 11.0. The van der Waals surface area contributed by atoms with Crippen LogP contribution in [0.25, 0.3) is 0 Å². The Hall–Kier alpha value is 0.829. The van der Waals surface area contributed by atoms with E-state index in [2.05, 4.69) is 14.0 Å². The van der Waals surface area contributed by atoms with Gasteiger partial charge in [0.1, 0.15) is 0 Å². The van der Waals surface area contributed by atoms with Crippen molar-refractivity contribution in [3.05, 3.63) is 9.63 Å². The van der Waals surface area contributed by atoms with E-state index in [0.29, 0.717) is 0 Å². The molecule has 0 saturated carbocycles. The van der Waals surface area contributed by atoms with Crippen molar-refractivity contribution in [1.82, 2.24) is 0 Å². The summed E-state index contributed by atoms with van der Waals surface area (Å²) >= 11 is 4.24. The number of rotatable bonds is 1. The van der Waals surface area contributed by atoms with Crippen LogP contribution in [0.5, 0.6) is 0 Å². The Kier molecular flexibility index (Phi) is 4.55. The van der Waals surface area contributed by atoms with Crippen molar-refractivity contribution in [1.29, 1.82) is 0 Å². The Balaban J connectivity index is 3.03. The topological polar surface area (TPSA) is 0 Å². The van der Waals surface area contributed by atoms with Gasteiger partial charge in [0.05, 0.1) is 0 Å². The van der Waals surface area contributed by atoms with E-state index in [4.69, 9.17) is 11.6 Å². The van der Waals surface area contributed by atoms with Gasteiger partial charge in [0.25, 0.3) is 0 Å². The second kappa shape index (κ2) is 4.00. The molecule has 0 spiro atoms. The fourth-order valence-corrected chi connectivity index (χ4v) is 2.93. The summed E-state index contributed by atoms with van der Waals surface area (Å²) in [6.07, 6.45) is 0. The van der Waals surface area contributed by atoms with Gasteiger partial charge < -0.3 is 0 Å². The summed E-state index contributed by atoms with van der Waals surface area (Å²) in [5.74, 6) is 0. The predicted octanol–water partition coefficient (Wildman–Crippen LogP) is 1.76. The maximum absolute atomic E-state index is 5.27. The normalized spacial score (nSPS) is 11.3. The quantitative estimate of drug-likeness (QED) is 0.580. The molecule has 0 aliphatic rings. The van der Waals surface area contributed by atoms with Crippen LogP contribution in [0, 0.1) is 0 Å². The Morgan fingerprint density at radius 1 is 1.50 bits per heavy atom. The molecule has 0 aromatic carbocycles. The predicted molar refractivity (Wildman–Crippen MR) is 33.9 cm³/mol. The average molecular weight is 211 g/mol. The third-order valence-corrected chi connectivity index (χ3v) is 4.05. The number of hydrogen-bond acceptors (Lipinski definition) is 0. The van der Waals surface area contributed by atoms with Gasteiger partial charge in [-0.2, -0.15) is 0 Å². The molecule has 0 aliphatic carbocycles. The first-order valence-electron chi connectivity index (χ1n) is 2.04. The third kappa shape index (κ3) is 4.83. The Morgan fingerprint density at radius 2 is 2.00 bits per heavy atom. The van der Waals surface area contributed by atoms with Crippen LogP contribution in [-0.4, -0.2) is 19.8 Å². The van der Waals surface area contributed by atoms with Crippen molar-refractivity contribution in [2.45, 2.75) is 9.88 Å². The standard InChI is InChI=1S/C2H2Cl.2CH3.Sn.H/c1-2-3;;;;/h1-2H;2*1H3;;. The van der Waals surface area contributed by atoms with E-state index >= 15 is 0 Å². The van der Waals surface area contributed by atoms with Crippen LogP contribution in [0.15, 0.2) is 9.63 Å². The van der Waals surface area contributed by atoms with Gasteiger partial charge in [-0.15, -0.1) is 0 Å². The van der Waals surface area contributed by atoms with Crippen molar-refractivity contribution in [2.24, 2.45) is 0 Å². The number of halogens is 1. The van der Waals surface area contributed by atoms with Gasteiger partial charge in [-0.3, -0.25) is 0 Å². The summed E-state index contributed by atoms with van der Waals surface area (Å²) in [5, 5.41) is 0. The maximum atomic E-state index is 5.27. The van der Waals surface area contributed by atoms with E-state index in [1.54, 1.807) is 5.54 Å². The van der Waals surface area contributed by atoms with Crippen molar-refractivity contribution in [3.63, 3.8) is 0 Å². The number of hydrogen-bond donors (Lipinski definition) is 0. The molecule has 6 heavy (non-hydrogen) atoms. The molecule has 0 aromatic heterocycles. The minimum atomic E-state index is -1.03. The molecule has 0 amide bonds. The molecule has 0 bridgehead atoms. The first kappa shape index (κ1) is 6.83. The van der Waals surface area contributed by atoms with Crippen molar-refractivity contribution in [3.8, 4) is 0 Å². The van der Waals surface area contributed by atoms with E-state index in [-0.39, 0.29) is 0 Å². The molecular weight excluding hydrogens is 202 g/mol. The van der Waals surface area contributed by atoms with Gasteiger partial charge in [0.2, 0.25) is 0 Å². The summed E-state index contributed by atoms with van der Waals surface area (Å²) in [6.45, 7) is 0. The zero-order valence-corrected chi connectivity index (χ0v) is 8.16. The second-order valence-electron chi connectivity index (χ2n) is 1.56. The van der Waals surface area contributed by atoms with E-state index in [1.165, 1.54) is 0 Å². The Labute approximate surface area is 50.9 Å². The van der Waals surface area contributed by atoms with Gasteiger partial charge in [-0.1, -0.05) is 0 Å². The second-order valence-corrected chi connectivity index (χ2v) is 10.0.